The molecule has 0 unspecified atom stereocenters. The number of methoxy groups -OCH3 is 1. The average Bonchev–Trinajstić information content (AvgIpc) is 3.19. The number of amides is 1. The molecular weight excluding hydrogens is 340 g/mol. The Morgan fingerprint density at radius 2 is 2.12 bits per heavy atom. The quantitative estimate of drug-likeness (QED) is 0.670. The molecule has 2 heterocycles. The van der Waals surface area contributed by atoms with Crippen LogP contribution in [0.5, 0.6) is 0 Å². The van der Waals surface area contributed by atoms with E-state index in [1.165, 1.54) is 18.4 Å². The van der Waals surface area contributed by atoms with E-state index in [9.17, 15) is 9.59 Å². The standard InChI is InChI=1S/C17H18N4O3S/c1-4-21-13(7-8-18-21)16(23)19-17-20(10-15(22)24-3)12-6-5-11(2)9-14(12)25-17/h5-9H,4,10H2,1-3H3. The Kier molecular flexibility index (Phi) is 4.80. The first-order chi connectivity index (χ1) is 12.0. The van der Waals surface area contributed by atoms with Crippen LogP contribution in [0.3, 0.4) is 0 Å². The summed E-state index contributed by atoms with van der Waals surface area (Å²) in [6.07, 6.45) is 1.57. The third-order valence-electron chi connectivity index (χ3n) is 3.79. The zero-order valence-corrected chi connectivity index (χ0v) is 15.0. The van der Waals surface area contributed by atoms with Crippen LogP contribution in [0.15, 0.2) is 35.5 Å². The lowest BCUT2D eigenvalue weighted by Gasteiger charge is -2.04. The zero-order valence-electron chi connectivity index (χ0n) is 14.2. The summed E-state index contributed by atoms with van der Waals surface area (Å²) >= 11 is 1.37. The number of ether oxygens (including phenoxy) is 1. The molecule has 0 atom stereocenters. The minimum absolute atomic E-state index is 0.00128. The first kappa shape index (κ1) is 17.1. The van der Waals surface area contributed by atoms with Crippen LogP contribution in [0.2, 0.25) is 0 Å². The fourth-order valence-corrected chi connectivity index (χ4v) is 3.65. The Balaban J connectivity index is 2.15. The van der Waals surface area contributed by atoms with Crippen molar-refractivity contribution in [2.75, 3.05) is 7.11 Å². The summed E-state index contributed by atoms with van der Waals surface area (Å²) in [6.45, 7) is 4.48. The van der Waals surface area contributed by atoms with E-state index in [1.807, 2.05) is 32.0 Å². The van der Waals surface area contributed by atoms with E-state index < -0.39 is 5.97 Å². The van der Waals surface area contributed by atoms with Gasteiger partial charge >= 0.3 is 5.97 Å². The molecular formula is C17H18N4O3S. The van der Waals surface area contributed by atoms with Crippen molar-refractivity contribution in [3.63, 3.8) is 0 Å². The minimum Gasteiger partial charge on any atom is -0.468 e. The Morgan fingerprint density at radius 3 is 2.84 bits per heavy atom. The first-order valence-corrected chi connectivity index (χ1v) is 8.62. The Hall–Kier alpha value is -2.74. The molecule has 25 heavy (non-hydrogen) atoms. The summed E-state index contributed by atoms with van der Waals surface area (Å²) in [5, 5.41) is 4.09. The van der Waals surface area contributed by atoms with Crippen molar-refractivity contribution in [2.24, 2.45) is 4.99 Å². The SMILES string of the molecule is CCn1nccc1C(=O)N=c1sc2cc(C)ccc2n1CC(=O)OC. The second-order valence-electron chi connectivity index (χ2n) is 5.47. The van der Waals surface area contributed by atoms with Crippen LogP contribution in [0, 0.1) is 6.92 Å². The molecule has 0 N–H and O–H groups in total. The van der Waals surface area contributed by atoms with Crippen molar-refractivity contribution in [3.05, 3.63) is 46.5 Å². The van der Waals surface area contributed by atoms with Crippen molar-refractivity contribution in [1.82, 2.24) is 14.3 Å². The van der Waals surface area contributed by atoms with E-state index >= 15 is 0 Å². The lowest BCUT2D eigenvalue weighted by molar-refractivity contribution is -0.141. The summed E-state index contributed by atoms with van der Waals surface area (Å²) < 4.78 is 9.02. The molecule has 0 aliphatic rings. The molecule has 3 aromatic rings. The van der Waals surface area contributed by atoms with Gasteiger partial charge in [0.2, 0.25) is 0 Å². The van der Waals surface area contributed by atoms with Gasteiger partial charge in [-0.2, -0.15) is 10.1 Å². The van der Waals surface area contributed by atoms with Crippen LogP contribution in [0.1, 0.15) is 23.0 Å². The smallest absolute Gasteiger partial charge is 0.325 e. The molecule has 0 saturated heterocycles. The second kappa shape index (κ2) is 7.02. The minimum atomic E-state index is -0.396. The Labute approximate surface area is 148 Å². The highest BCUT2D eigenvalue weighted by Gasteiger charge is 2.14. The molecule has 0 aliphatic heterocycles. The molecule has 2 aromatic heterocycles. The zero-order chi connectivity index (χ0) is 18.0. The van der Waals surface area contributed by atoms with Crippen LogP contribution < -0.4 is 4.80 Å². The van der Waals surface area contributed by atoms with Gasteiger partial charge in [-0.05, 0) is 37.6 Å². The maximum Gasteiger partial charge on any atom is 0.325 e. The molecule has 0 aliphatic carbocycles. The number of carbonyl (C=O) groups is 2. The summed E-state index contributed by atoms with van der Waals surface area (Å²) in [4.78, 5) is 29.0. The monoisotopic (exact) mass is 358 g/mol. The molecule has 0 radical (unpaired) electrons. The number of fused-ring (bicyclic) bond motifs is 1. The van der Waals surface area contributed by atoms with E-state index in [0.29, 0.717) is 17.0 Å². The summed E-state index contributed by atoms with van der Waals surface area (Å²) in [7, 11) is 1.34. The highest BCUT2D eigenvalue weighted by molar-refractivity contribution is 7.16. The van der Waals surface area contributed by atoms with Crippen LogP contribution in [0.25, 0.3) is 10.2 Å². The maximum absolute atomic E-state index is 12.6. The number of nitrogens with zero attached hydrogens (tertiary/aromatic N) is 4. The van der Waals surface area contributed by atoms with E-state index in [-0.39, 0.29) is 12.5 Å². The van der Waals surface area contributed by atoms with Crippen LogP contribution >= 0.6 is 11.3 Å². The number of thiazole rings is 1. The number of hydrogen-bond acceptors (Lipinski definition) is 5. The van der Waals surface area contributed by atoms with Gasteiger partial charge in [0.15, 0.2) is 4.80 Å². The summed E-state index contributed by atoms with van der Waals surface area (Å²) in [6, 6.07) is 7.52. The molecule has 8 heteroatoms. The largest absolute Gasteiger partial charge is 0.468 e. The van der Waals surface area contributed by atoms with E-state index in [2.05, 4.69) is 10.1 Å². The van der Waals surface area contributed by atoms with E-state index in [1.54, 1.807) is 21.5 Å². The van der Waals surface area contributed by atoms with Gasteiger partial charge < -0.3 is 9.30 Å². The normalized spacial score (nSPS) is 11.9. The summed E-state index contributed by atoms with van der Waals surface area (Å²) in [5.41, 5.74) is 2.36. The lowest BCUT2D eigenvalue weighted by Crippen LogP contribution is -2.23. The summed E-state index contributed by atoms with van der Waals surface area (Å²) in [5.74, 6) is -0.783. The lowest BCUT2D eigenvalue weighted by atomic mass is 10.2. The number of rotatable bonds is 4. The van der Waals surface area contributed by atoms with Crippen molar-refractivity contribution in [2.45, 2.75) is 26.9 Å². The molecule has 1 amide bonds. The molecule has 3 rings (SSSR count). The van der Waals surface area contributed by atoms with Crippen LogP contribution in [-0.4, -0.2) is 33.3 Å². The molecule has 0 fully saturated rings. The predicted octanol–water partition coefficient (Wildman–Crippen LogP) is 2.14. The average molecular weight is 358 g/mol. The van der Waals surface area contributed by atoms with E-state index in [4.69, 9.17) is 4.74 Å². The molecule has 0 saturated carbocycles. The fraction of sp³-hybridized carbons (Fsp3) is 0.294. The van der Waals surface area contributed by atoms with E-state index in [0.717, 1.165) is 15.8 Å². The molecule has 0 spiro atoms. The Bertz CT molecular complexity index is 1010. The van der Waals surface area contributed by atoms with Crippen molar-refractivity contribution < 1.29 is 14.3 Å². The van der Waals surface area contributed by atoms with Crippen molar-refractivity contribution in [1.29, 1.82) is 0 Å². The molecule has 1 aromatic carbocycles. The number of carbonyl (C=O) groups excluding carboxylic acids is 2. The molecule has 7 nitrogen and oxygen atoms in total. The van der Waals surface area contributed by atoms with Crippen molar-refractivity contribution in [3.8, 4) is 0 Å². The number of aryl methyl sites for hydroxylation is 2. The van der Waals surface area contributed by atoms with Gasteiger partial charge in [-0.25, -0.2) is 0 Å². The van der Waals surface area contributed by atoms with Crippen molar-refractivity contribution >= 4 is 33.4 Å². The first-order valence-electron chi connectivity index (χ1n) is 7.81. The van der Waals surface area contributed by atoms with Gasteiger partial charge in [0.25, 0.3) is 5.91 Å². The fourth-order valence-electron chi connectivity index (χ4n) is 2.52. The Morgan fingerprint density at radius 1 is 1.32 bits per heavy atom. The van der Waals surface area contributed by atoms with Gasteiger partial charge in [0.1, 0.15) is 12.2 Å². The van der Waals surface area contributed by atoms with Gasteiger partial charge in [0.05, 0.1) is 17.3 Å². The topological polar surface area (TPSA) is 78.5 Å². The number of hydrogen-bond donors (Lipinski definition) is 0. The van der Waals surface area contributed by atoms with Crippen LogP contribution in [-0.2, 0) is 22.6 Å². The predicted molar refractivity (Wildman–Crippen MR) is 94.4 cm³/mol. The van der Waals surface area contributed by atoms with Gasteiger partial charge in [-0.3, -0.25) is 14.3 Å². The molecule has 130 valence electrons. The number of benzene rings is 1. The number of aromatic nitrogens is 3. The highest BCUT2D eigenvalue weighted by atomic mass is 32.1. The number of esters is 1. The molecule has 0 bridgehead atoms. The maximum atomic E-state index is 12.6. The highest BCUT2D eigenvalue weighted by Crippen LogP contribution is 2.19. The van der Waals surface area contributed by atoms with Crippen LogP contribution in [0.4, 0.5) is 0 Å². The second-order valence-corrected chi connectivity index (χ2v) is 6.48. The third kappa shape index (κ3) is 3.39. The van der Waals surface area contributed by atoms with Gasteiger partial charge in [0, 0.05) is 12.7 Å². The van der Waals surface area contributed by atoms with Gasteiger partial charge in [-0.15, -0.1) is 0 Å². The van der Waals surface area contributed by atoms with Gasteiger partial charge in [-0.1, -0.05) is 17.4 Å². The third-order valence-corrected chi connectivity index (χ3v) is 4.83.